The van der Waals surface area contributed by atoms with E-state index in [2.05, 4.69) is 0 Å². The second-order valence-electron chi connectivity index (χ2n) is 3.27. The molecule has 4 nitrogen and oxygen atoms in total. The van der Waals surface area contributed by atoms with Crippen LogP contribution in [0.1, 0.15) is 17.3 Å². The summed E-state index contributed by atoms with van der Waals surface area (Å²) in [6, 6.07) is 4.22. The van der Waals surface area contributed by atoms with Gasteiger partial charge in [-0.05, 0) is 25.1 Å². The third-order valence-corrected chi connectivity index (χ3v) is 1.85. The predicted molar refractivity (Wildman–Crippen MR) is 64.8 cm³/mol. The van der Waals surface area contributed by atoms with Crippen LogP contribution in [-0.4, -0.2) is 23.7 Å². The summed E-state index contributed by atoms with van der Waals surface area (Å²) in [5.41, 5.74) is 5.60. The Balaban J connectivity index is 0.00000225. The highest BCUT2D eigenvalue weighted by molar-refractivity contribution is 6.31. The summed E-state index contributed by atoms with van der Waals surface area (Å²) in [5, 5.41) is 9.10. The van der Waals surface area contributed by atoms with E-state index in [1.165, 1.54) is 12.1 Å². The highest BCUT2D eigenvalue weighted by atomic mass is 35.5. The van der Waals surface area contributed by atoms with E-state index in [0.29, 0.717) is 17.4 Å². The fourth-order valence-corrected chi connectivity index (χ4v) is 1.22. The normalized spacial score (nSPS) is 11.4. The average molecular weight is 266 g/mol. The second-order valence-corrected chi connectivity index (χ2v) is 3.71. The van der Waals surface area contributed by atoms with Gasteiger partial charge in [0.1, 0.15) is 12.4 Å². The van der Waals surface area contributed by atoms with Gasteiger partial charge in [-0.25, -0.2) is 4.79 Å². The lowest BCUT2D eigenvalue weighted by atomic mass is 10.2. The standard InChI is InChI=1S/C10H12ClNO3.ClH/c1-6(12)5-15-9-3-7(10(13)14)2-8(11)4-9;/h2-4,6H,5,12H2,1H3,(H,13,14);1H. The van der Waals surface area contributed by atoms with E-state index in [9.17, 15) is 4.79 Å². The molecular weight excluding hydrogens is 253 g/mol. The third kappa shape index (κ3) is 4.70. The topological polar surface area (TPSA) is 72.5 Å². The molecule has 0 aliphatic rings. The molecule has 3 N–H and O–H groups in total. The van der Waals surface area contributed by atoms with E-state index in [0.717, 1.165) is 0 Å². The van der Waals surface area contributed by atoms with Gasteiger partial charge in [0, 0.05) is 11.1 Å². The molecule has 0 heterocycles. The lowest BCUT2D eigenvalue weighted by Gasteiger charge is -2.09. The smallest absolute Gasteiger partial charge is 0.335 e. The van der Waals surface area contributed by atoms with Crippen LogP contribution in [0.15, 0.2) is 18.2 Å². The van der Waals surface area contributed by atoms with Gasteiger partial charge in [0.15, 0.2) is 0 Å². The summed E-state index contributed by atoms with van der Waals surface area (Å²) in [4.78, 5) is 10.7. The molecule has 16 heavy (non-hydrogen) atoms. The van der Waals surface area contributed by atoms with E-state index in [4.69, 9.17) is 27.2 Å². The molecule has 0 radical (unpaired) electrons. The maximum atomic E-state index is 10.7. The molecule has 0 aliphatic carbocycles. The summed E-state index contributed by atoms with van der Waals surface area (Å²) in [6.45, 7) is 2.11. The summed E-state index contributed by atoms with van der Waals surface area (Å²) >= 11 is 5.73. The zero-order chi connectivity index (χ0) is 11.4. The van der Waals surface area contributed by atoms with E-state index >= 15 is 0 Å². The van der Waals surface area contributed by atoms with Gasteiger partial charge < -0.3 is 15.6 Å². The highest BCUT2D eigenvalue weighted by Gasteiger charge is 2.07. The molecule has 0 aliphatic heterocycles. The van der Waals surface area contributed by atoms with Crippen LogP contribution in [0.5, 0.6) is 5.75 Å². The van der Waals surface area contributed by atoms with Gasteiger partial charge in [-0.15, -0.1) is 12.4 Å². The minimum atomic E-state index is -1.04. The Labute approximate surface area is 105 Å². The van der Waals surface area contributed by atoms with Gasteiger partial charge in [0.25, 0.3) is 0 Å². The lowest BCUT2D eigenvalue weighted by molar-refractivity contribution is 0.0696. The lowest BCUT2D eigenvalue weighted by Crippen LogP contribution is -2.23. The maximum Gasteiger partial charge on any atom is 0.335 e. The maximum absolute atomic E-state index is 10.7. The van der Waals surface area contributed by atoms with Crippen molar-refractivity contribution in [2.24, 2.45) is 5.73 Å². The zero-order valence-electron chi connectivity index (χ0n) is 8.64. The third-order valence-electron chi connectivity index (χ3n) is 1.63. The average Bonchev–Trinajstić information content (AvgIpc) is 2.13. The molecule has 0 saturated heterocycles. The Bertz CT molecular complexity index is 369. The molecule has 1 aromatic rings. The van der Waals surface area contributed by atoms with Crippen LogP contribution in [0.2, 0.25) is 5.02 Å². The number of nitrogens with two attached hydrogens (primary N) is 1. The van der Waals surface area contributed by atoms with Crippen molar-refractivity contribution >= 4 is 30.0 Å². The van der Waals surface area contributed by atoms with Crippen molar-refractivity contribution < 1.29 is 14.6 Å². The van der Waals surface area contributed by atoms with Gasteiger partial charge in [-0.3, -0.25) is 0 Å². The number of halogens is 2. The number of benzene rings is 1. The molecule has 0 bridgehead atoms. The Morgan fingerprint density at radius 2 is 2.19 bits per heavy atom. The molecule has 1 aromatic carbocycles. The van der Waals surface area contributed by atoms with E-state index < -0.39 is 5.97 Å². The molecule has 1 rings (SSSR count). The zero-order valence-corrected chi connectivity index (χ0v) is 10.2. The molecule has 0 aromatic heterocycles. The molecule has 6 heteroatoms. The Morgan fingerprint density at radius 3 is 2.69 bits per heavy atom. The van der Waals surface area contributed by atoms with E-state index in [1.54, 1.807) is 13.0 Å². The van der Waals surface area contributed by atoms with Gasteiger partial charge >= 0.3 is 5.97 Å². The first-order chi connectivity index (χ1) is 6.99. The monoisotopic (exact) mass is 265 g/mol. The van der Waals surface area contributed by atoms with E-state index in [-0.39, 0.29) is 24.0 Å². The van der Waals surface area contributed by atoms with E-state index in [1.807, 2.05) is 0 Å². The SMILES string of the molecule is CC(N)COc1cc(Cl)cc(C(=O)O)c1.Cl. The van der Waals surface area contributed by atoms with Crippen molar-refractivity contribution in [2.45, 2.75) is 13.0 Å². The first kappa shape index (κ1) is 15.0. The molecule has 0 saturated carbocycles. The fraction of sp³-hybridized carbons (Fsp3) is 0.300. The number of hydrogen-bond acceptors (Lipinski definition) is 3. The fourth-order valence-electron chi connectivity index (χ4n) is 0.997. The largest absolute Gasteiger partial charge is 0.492 e. The minimum absolute atomic E-state index is 0. The molecule has 1 atom stereocenters. The summed E-state index contributed by atoms with van der Waals surface area (Å²) in [7, 11) is 0. The van der Waals surface area contributed by atoms with Crippen LogP contribution in [0, 0.1) is 0 Å². The predicted octanol–water partition coefficient (Wildman–Crippen LogP) is 2.19. The summed E-state index contributed by atoms with van der Waals surface area (Å²) in [6.07, 6.45) is 0. The van der Waals surface area contributed by atoms with Gasteiger partial charge in [0.05, 0.1) is 5.56 Å². The number of carbonyl (C=O) groups is 1. The first-order valence-corrected chi connectivity index (χ1v) is 4.79. The Morgan fingerprint density at radius 1 is 1.56 bits per heavy atom. The van der Waals surface area contributed by atoms with Crippen LogP contribution in [0.3, 0.4) is 0 Å². The number of rotatable bonds is 4. The Kier molecular flexibility index (Phi) is 6.18. The van der Waals surface area contributed by atoms with Gasteiger partial charge in [-0.2, -0.15) is 0 Å². The van der Waals surface area contributed by atoms with Crippen LogP contribution in [0.4, 0.5) is 0 Å². The number of ether oxygens (including phenoxy) is 1. The van der Waals surface area contributed by atoms with Crippen molar-refractivity contribution in [1.29, 1.82) is 0 Å². The van der Waals surface area contributed by atoms with Crippen molar-refractivity contribution in [3.63, 3.8) is 0 Å². The second kappa shape index (κ2) is 6.58. The van der Waals surface area contributed by atoms with Gasteiger partial charge in [-0.1, -0.05) is 11.6 Å². The minimum Gasteiger partial charge on any atom is -0.492 e. The summed E-state index contributed by atoms with van der Waals surface area (Å²) in [5.74, 6) is -0.625. The van der Waals surface area contributed by atoms with Gasteiger partial charge in [0.2, 0.25) is 0 Å². The molecular formula is C10H13Cl2NO3. The number of hydrogen-bond donors (Lipinski definition) is 2. The highest BCUT2D eigenvalue weighted by Crippen LogP contribution is 2.21. The Hall–Kier alpha value is -0.970. The molecule has 90 valence electrons. The quantitative estimate of drug-likeness (QED) is 0.876. The number of carboxylic acid groups (broad SMARTS) is 1. The molecule has 1 unspecified atom stereocenters. The van der Waals surface area contributed by atoms with Crippen LogP contribution in [0.25, 0.3) is 0 Å². The molecule has 0 spiro atoms. The summed E-state index contributed by atoms with van der Waals surface area (Å²) < 4.78 is 5.27. The van der Waals surface area contributed by atoms with Crippen molar-refractivity contribution in [3.8, 4) is 5.75 Å². The molecule has 0 amide bonds. The van der Waals surface area contributed by atoms with Crippen LogP contribution in [-0.2, 0) is 0 Å². The van der Waals surface area contributed by atoms with Crippen molar-refractivity contribution in [3.05, 3.63) is 28.8 Å². The molecule has 0 fully saturated rings. The number of carboxylic acids is 1. The van der Waals surface area contributed by atoms with Crippen LogP contribution < -0.4 is 10.5 Å². The van der Waals surface area contributed by atoms with Crippen molar-refractivity contribution in [1.82, 2.24) is 0 Å². The van der Waals surface area contributed by atoms with Crippen LogP contribution >= 0.6 is 24.0 Å². The first-order valence-electron chi connectivity index (χ1n) is 4.41. The van der Waals surface area contributed by atoms with Crippen molar-refractivity contribution in [2.75, 3.05) is 6.61 Å². The number of aromatic carboxylic acids is 1.